The largest absolute Gasteiger partial charge is 0.497 e. The van der Waals surface area contributed by atoms with Gasteiger partial charge in [0.1, 0.15) is 17.2 Å². The minimum atomic E-state index is -3.65. The molecule has 2 aromatic carbocycles. The summed E-state index contributed by atoms with van der Waals surface area (Å²) in [5.74, 6) is 1.07. The number of methoxy groups -OCH3 is 3. The van der Waals surface area contributed by atoms with Gasteiger partial charge in [-0.2, -0.15) is 0 Å². The van der Waals surface area contributed by atoms with Crippen LogP contribution in [-0.2, 0) is 14.8 Å². The third-order valence-corrected chi connectivity index (χ3v) is 5.87. The molecule has 0 aliphatic carbocycles. The molecule has 0 aromatic heterocycles. The Morgan fingerprint density at radius 2 is 1.62 bits per heavy atom. The van der Waals surface area contributed by atoms with Gasteiger partial charge < -0.3 is 19.5 Å². The zero-order chi connectivity index (χ0) is 21.6. The monoisotopic (exact) mass is 420 g/mol. The smallest absolute Gasteiger partial charge is 0.248 e. The van der Waals surface area contributed by atoms with Gasteiger partial charge >= 0.3 is 0 Å². The molecule has 0 bridgehead atoms. The van der Waals surface area contributed by atoms with Gasteiger partial charge in [-0.05, 0) is 42.5 Å². The van der Waals surface area contributed by atoms with Gasteiger partial charge in [0, 0.05) is 25.7 Å². The van der Waals surface area contributed by atoms with Crippen LogP contribution in [0.2, 0.25) is 0 Å². The normalized spacial score (nSPS) is 11.5. The number of amides is 1. The van der Waals surface area contributed by atoms with Crippen molar-refractivity contribution in [1.82, 2.24) is 4.31 Å². The van der Waals surface area contributed by atoms with Gasteiger partial charge in [0.2, 0.25) is 15.9 Å². The van der Waals surface area contributed by atoms with Crippen LogP contribution in [0.25, 0.3) is 6.08 Å². The van der Waals surface area contributed by atoms with Crippen molar-refractivity contribution >= 4 is 27.7 Å². The van der Waals surface area contributed by atoms with Gasteiger partial charge in [0.05, 0.1) is 31.9 Å². The van der Waals surface area contributed by atoms with Gasteiger partial charge in [-0.3, -0.25) is 4.79 Å². The number of ether oxygens (including phenoxy) is 3. The Bertz CT molecular complexity index is 1020. The topological polar surface area (TPSA) is 94.2 Å². The number of sulfonamides is 1. The third kappa shape index (κ3) is 5.27. The van der Waals surface area contributed by atoms with Crippen LogP contribution in [0.5, 0.6) is 17.2 Å². The lowest BCUT2D eigenvalue weighted by molar-refractivity contribution is -0.111. The van der Waals surface area contributed by atoms with E-state index in [0.717, 1.165) is 4.31 Å². The highest BCUT2D eigenvalue weighted by Crippen LogP contribution is 2.29. The fraction of sp³-hybridized carbons (Fsp3) is 0.250. The van der Waals surface area contributed by atoms with Crippen LogP contribution in [0.3, 0.4) is 0 Å². The van der Waals surface area contributed by atoms with E-state index in [0.29, 0.717) is 22.8 Å². The summed E-state index contributed by atoms with van der Waals surface area (Å²) in [7, 11) is 3.72. The van der Waals surface area contributed by atoms with Gasteiger partial charge in [-0.25, -0.2) is 12.7 Å². The third-order valence-electron chi connectivity index (χ3n) is 4.06. The molecule has 0 saturated heterocycles. The standard InChI is InChI=1S/C20H24N2O6S/c1-22(2)29(24,25)16-8-10-19(28-5)17(13-16)21-20(23)11-6-14-12-15(26-3)7-9-18(14)27-4/h6-13H,1-5H3,(H,21,23). The Balaban J connectivity index is 2.30. The highest BCUT2D eigenvalue weighted by molar-refractivity contribution is 7.89. The number of rotatable bonds is 8. The second-order valence-corrected chi connectivity index (χ2v) is 8.23. The van der Waals surface area contributed by atoms with Gasteiger partial charge in [-0.1, -0.05) is 0 Å². The van der Waals surface area contributed by atoms with Crippen molar-refractivity contribution in [3.05, 3.63) is 48.0 Å². The van der Waals surface area contributed by atoms with Gasteiger partial charge in [0.15, 0.2) is 0 Å². The molecule has 0 unspecified atom stereocenters. The summed E-state index contributed by atoms with van der Waals surface area (Å²) >= 11 is 0. The maximum absolute atomic E-state index is 12.4. The van der Waals surface area contributed by atoms with E-state index < -0.39 is 15.9 Å². The first kappa shape index (κ1) is 22.3. The second-order valence-electron chi connectivity index (χ2n) is 6.08. The number of carbonyl (C=O) groups is 1. The highest BCUT2D eigenvalue weighted by atomic mass is 32.2. The van der Waals surface area contributed by atoms with E-state index >= 15 is 0 Å². The quantitative estimate of drug-likeness (QED) is 0.660. The van der Waals surface area contributed by atoms with Crippen molar-refractivity contribution in [3.63, 3.8) is 0 Å². The van der Waals surface area contributed by atoms with E-state index in [1.165, 1.54) is 52.6 Å². The molecule has 2 aromatic rings. The number of nitrogens with zero attached hydrogens (tertiary/aromatic N) is 1. The molecule has 0 heterocycles. The number of anilines is 1. The maximum atomic E-state index is 12.4. The highest BCUT2D eigenvalue weighted by Gasteiger charge is 2.19. The molecule has 0 spiro atoms. The zero-order valence-corrected chi connectivity index (χ0v) is 17.7. The second kappa shape index (κ2) is 9.44. The first-order chi connectivity index (χ1) is 13.7. The van der Waals surface area contributed by atoms with E-state index in [2.05, 4.69) is 5.32 Å². The molecular formula is C20H24N2O6S. The molecule has 29 heavy (non-hydrogen) atoms. The van der Waals surface area contributed by atoms with Crippen LogP contribution in [0, 0.1) is 0 Å². The summed E-state index contributed by atoms with van der Waals surface area (Å²) in [4.78, 5) is 12.5. The van der Waals surface area contributed by atoms with E-state index in [1.807, 2.05) is 0 Å². The molecule has 0 atom stereocenters. The van der Waals surface area contributed by atoms with Gasteiger partial charge in [0.25, 0.3) is 0 Å². The SMILES string of the molecule is COc1ccc(OC)c(C=CC(=O)Nc2cc(S(=O)(=O)N(C)C)ccc2OC)c1. The first-order valence-corrected chi connectivity index (χ1v) is 9.98. The van der Waals surface area contributed by atoms with E-state index in [-0.39, 0.29) is 10.6 Å². The van der Waals surface area contributed by atoms with Crippen molar-refractivity contribution < 1.29 is 27.4 Å². The van der Waals surface area contributed by atoms with Crippen LogP contribution < -0.4 is 19.5 Å². The first-order valence-electron chi connectivity index (χ1n) is 8.54. The van der Waals surface area contributed by atoms with E-state index in [9.17, 15) is 13.2 Å². The van der Waals surface area contributed by atoms with Crippen molar-refractivity contribution in [2.75, 3.05) is 40.7 Å². The van der Waals surface area contributed by atoms with Crippen molar-refractivity contribution in [2.24, 2.45) is 0 Å². The number of carbonyl (C=O) groups excluding carboxylic acids is 1. The molecule has 0 fully saturated rings. The van der Waals surface area contributed by atoms with Gasteiger partial charge in [-0.15, -0.1) is 0 Å². The molecule has 1 amide bonds. The Labute approximate surface area is 170 Å². The molecule has 8 nitrogen and oxygen atoms in total. The molecule has 0 radical (unpaired) electrons. The van der Waals surface area contributed by atoms with Crippen LogP contribution in [0.4, 0.5) is 5.69 Å². The zero-order valence-electron chi connectivity index (χ0n) is 16.9. The maximum Gasteiger partial charge on any atom is 0.248 e. The lowest BCUT2D eigenvalue weighted by Gasteiger charge is -2.14. The summed E-state index contributed by atoms with van der Waals surface area (Å²) in [6.45, 7) is 0. The van der Waals surface area contributed by atoms with Crippen molar-refractivity contribution in [3.8, 4) is 17.2 Å². The summed E-state index contributed by atoms with van der Waals surface area (Å²) in [5.41, 5.74) is 0.889. The molecule has 0 saturated carbocycles. The summed E-state index contributed by atoms with van der Waals surface area (Å²) < 4.78 is 41.5. The van der Waals surface area contributed by atoms with Crippen LogP contribution in [0.1, 0.15) is 5.56 Å². The Morgan fingerprint density at radius 1 is 0.966 bits per heavy atom. The summed E-state index contributed by atoms with van der Waals surface area (Å²) in [5, 5.41) is 2.64. The predicted octanol–water partition coefficient (Wildman–Crippen LogP) is 2.61. The average Bonchev–Trinajstić information content (AvgIpc) is 2.71. The lowest BCUT2D eigenvalue weighted by Crippen LogP contribution is -2.22. The van der Waals surface area contributed by atoms with E-state index in [1.54, 1.807) is 31.4 Å². The molecule has 2 rings (SSSR count). The molecule has 156 valence electrons. The van der Waals surface area contributed by atoms with Crippen LogP contribution in [0.15, 0.2) is 47.4 Å². The number of benzene rings is 2. The molecule has 1 N–H and O–H groups in total. The average molecular weight is 420 g/mol. The molecule has 9 heteroatoms. The number of hydrogen-bond acceptors (Lipinski definition) is 6. The van der Waals surface area contributed by atoms with Crippen LogP contribution in [-0.4, -0.2) is 54.1 Å². The minimum Gasteiger partial charge on any atom is -0.497 e. The molecule has 0 aliphatic heterocycles. The minimum absolute atomic E-state index is 0.0389. The lowest BCUT2D eigenvalue weighted by atomic mass is 10.1. The Morgan fingerprint density at radius 3 is 2.21 bits per heavy atom. The summed E-state index contributed by atoms with van der Waals surface area (Å²) in [6, 6.07) is 9.47. The van der Waals surface area contributed by atoms with Crippen molar-refractivity contribution in [1.29, 1.82) is 0 Å². The van der Waals surface area contributed by atoms with Crippen molar-refractivity contribution in [2.45, 2.75) is 4.90 Å². The van der Waals surface area contributed by atoms with Crippen LogP contribution >= 0.6 is 0 Å². The fourth-order valence-electron chi connectivity index (χ4n) is 2.47. The molecule has 0 aliphatic rings. The molecular weight excluding hydrogens is 396 g/mol. The number of hydrogen-bond donors (Lipinski definition) is 1. The Kier molecular flexibility index (Phi) is 7.24. The Hall–Kier alpha value is -3.04. The van der Waals surface area contributed by atoms with E-state index in [4.69, 9.17) is 14.2 Å². The summed E-state index contributed by atoms with van der Waals surface area (Å²) in [6.07, 6.45) is 2.88. The predicted molar refractivity (Wildman–Crippen MR) is 111 cm³/mol. The number of nitrogens with one attached hydrogen (secondary N) is 1. The fourth-order valence-corrected chi connectivity index (χ4v) is 3.39.